The molecular formula is C18H15NO. The highest BCUT2D eigenvalue weighted by molar-refractivity contribution is 6.26. The zero-order valence-electron chi connectivity index (χ0n) is 11.6. The summed E-state index contributed by atoms with van der Waals surface area (Å²) in [7, 11) is 0. The molecule has 0 saturated carbocycles. The van der Waals surface area contributed by atoms with Crippen molar-refractivity contribution in [1.82, 2.24) is 4.57 Å². The van der Waals surface area contributed by atoms with Crippen LogP contribution in [0, 0.1) is 6.92 Å². The number of fused-ring (bicyclic) bond motifs is 2. The quantitative estimate of drug-likeness (QED) is 0.504. The fourth-order valence-corrected chi connectivity index (χ4v) is 3.49. The first kappa shape index (κ1) is 11.5. The average Bonchev–Trinajstić information content (AvgIpc) is 2.77. The molecule has 0 N–H and O–H groups in total. The van der Waals surface area contributed by atoms with E-state index in [4.69, 9.17) is 0 Å². The molecule has 1 aromatic heterocycles. The lowest BCUT2D eigenvalue weighted by molar-refractivity contribution is 0.104. The first-order valence-corrected chi connectivity index (χ1v) is 7.00. The van der Waals surface area contributed by atoms with Crippen LogP contribution in [0.3, 0.4) is 0 Å². The third-order valence-corrected chi connectivity index (χ3v) is 4.35. The number of benzene rings is 2. The molecular weight excluding hydrogens is 246 g/mol. The van der Waals surface area contributed by atoms with Crippen LogP contribution in [0.15, 0.2) is 42.5 Å². The minimum absolute atomic E-state index is 0.145. The average molecular weight is 261 g/mol. The maximum Gasteiger partial charge on any atom is 0.194 e. The van der Waals surface area contributed by atoms with Crippen molar-refractivity contribution in [2.45, 2.75) is 20.4 Å². The number of carbonyl (C=O) groups excluding carboxylic acids is 1. The molecule has 1 heterocycles. The maximum atomic E-state index is 12.7. The fraction of sp³-hybridized carbons (Fsp3) is 0.167. The second-order valence-corrected chi connectivity index (χ2v) is 5.28. The molecule has 0 radical (unpaired) electrons. The third-order valence-electron chi connectivity index (χ3n) is 4.35. The second-order valence-electron chi connectivity index (χ2n) is 5.28. The van der Waals surface area contributed by atoms with Crippen molar-refractivity contribution in [1.29, 1.82) is 0 Å². The van der Waals surface area contributed by atoms with Crippen molar-refractivity contribution in [3.8, 4) is 11.1 Å². The Morgan fingerprint density at radius 3 is 2.40 bits per heavy atom. The summed E-state index contributed by atoms with van der Waals surface area (Å²) in [5.41, 5.74) is 6.38. The van der Waals surface area contributed by atoms with Crippen molar-refractivity contribution >= 4 is 16.7 Å². The fourth-order valence-electron chi connectivity index (χ4n) is 3.49. The van der Waals surface area contributed by atoms with Gasteiger partial charge in [-0.05, 0) is 25.5 Å². The van der Waals surface area contributed by atoms with Gasteiger partial charge < -0.3 is 4.57 Å². The maximum absolute atomic E-state index is 12.7. The van der Waals surface area contributed by atoms with Gasteiger partial charge >= 0.3 is 0 Å². The van der Waals surface area contributed by atoms with E-state index in [1.807, 2.05) is 30.3 Å². The van der Waals surface area contributed by atoms with Crippen LogP contribution in [0.4, 0.5) is 0 Å². The Morgan fingerprint density at radius 1 is 0.950 bits per heavy atom. The molecule has 3 aromatic rings. The second kappa shape index (κ2) is 3.83. The van der Waals surface area contributed by atoms with Crippen LogP contribution < -0.4 is 0 Å². The van der Waals surface area contributed by atoms with E-state index in [1.165, 1.54) is 16.8 Å². The van der Waals surface area contributed by atoms with Crippen LogP contribution in [-0.2, 0) is 6.54 Å². The molecule has 0 fully saturated rings. The van der Waals surface area contributed by atoms with Gasteiger partial charge in [-0.2, -0.15) is 0 Å². The lowest BCUT2D eigenvalue weighted by atomic mass is 9.85. The van der Waals surface area contributed by atoms with Crippen molar-refractivity contribution in [3.05, 3.63) is 59.3 Å². The number of hydrogen-bond acceptors (Lipinski definition) is 1. The molecule has 0 spiro atoms. The van der Waals surface area contributed by atoms with Crippen LogP contribution in [0.1, 0.15) is 28.5 Å². The van der Waals surface area contributed by atoms with Crippen molar-refractivity contribution in [3.63, 3.8) is 0 Å². The number of ketones is 1. The van der Waals surface area contributed by atoms with Gasteiger partial charge in [-0.25, -0.2) is 0 Å². The molecule has 20 heavy (non-hydrogen) atoms. The molecule has 0 aliphatic heterocycles. The SMILES string of the molecule is CCn1c(C)c2c3c(cccc31)C(=O)c1ccccc1-2. The summed E-state index contributed by atoms with van der Waals surface area (Å²) in [6.07, 6.45) is 0. The van der Waals surface area contributed by atoms with Gasteiger partial charge in [-0.3, -0.25) is 4.79 Å². The minimum atomic E-state index is 0.145. The third kappa shape index (κ3) is 1.21. The lowest BCUT2D eigenvalue weighted by Crippen LogP contribution is -2.08. The molecule has 2 aromatic carbocycles. The predicted molar refractivity (Wildman–Crippen MR) is 81.2 cm³/mol. The van der Waals surface area contributed by atoms with E-state index in [2.05, 4.69) is 30.5 Å². The molecule has 1 aliphatic rings. The van der Waals surface area contributed by atoms with E-state index in [0.717, 1.165) is 28.6 Å². The summed E-state index contributed by atoms with van der Waals surface area (Å²) in [6, 6.07) is 14.0. The number of carbonyl (C=O) groups is 1. The van der Waals surface area contributed by atoms with Crippen LogP contribution >= 0.6 is 0 Å². The molecule has 98 valence electrons. The number of aryl methyl sites for hydroxylation is 1. The van der Waals surface area contributed by atoms with Gasteiger partial charge in [-0.1, -0.05) is 36.4 Å². The summed E-state index contributed by atoms with van der Waals surface area (Å²) in [5.74, 6) is 0.145. The highest BCUT2D eigenvalue weighted by Gasteiger charge is 2.28. The van der Waals surface area contributed by atoms with Gasteiger partial charge in [0.2, 0.25) is 0 Å². The Bertz CT molecular complexity index is 871. The Balaban J connectivity index is 2.28. The highest BCUT2D eigenvalue weighted by Crippen LogP contribution is 2.42. The summed E-state index contributed by atoms with van der Waals surface area (Å²) in [5, 5.41) is 1.12. The van der Waals surface area contributed by atoms with E-state index in [-0.39, 0.29) is 5.78 Å². The summed E-state index contributed by atoms with van der Waals surface area (Å²) in [6.45, 7) is 5.21. The van der Waals surface area contributed by atoms with Gasteiger partial charge in [-0.15, -0.1) is 0 Å². The Morgan fingerprint density at radius 2 is 1.65 bits per heavy atom. The summed E-state index contributed by atoms with van der Waals surface area (Å²) >= 11 is 0. The topological polar surface area (TPSA) is 22.0 Å². The van der Waals surface area contributed by atoms with Gasteiger partial charge in [0.1, 0.15) is 0 Å². The van der Waals surface area contributed by atoms with E-state index in [0.29, 0.717) is 0 Å². The zero-order valence-corrected chi connectivity index (χ0v) is 11.6. The molecule has 0 bridgehead atoms. The van der Waals surface area contributed by atoms with Crippen LogP contribution in [0.2, 0.25) is 0 Å². The van der Waals surface area contributed by atoms with E-state index in [9.17, 15) is 4.79 Å². The standard InChI is InChI=1S/C18H15NO/c1-3-19-11(2)16-12-7-4-5-8-13(12)18(20)14-9-6-10-15(19)17(14)16/h4-10H,3H2,1-2H3. The molecule has 2 heteroatoms. The normalized spacial score (nSPS) is 12.8. The largest absolute Gasteiger partial charge is 0.345 e. The van der Waals surface area contributed by atoms with Crippen LogP contribution in [0.5, 0.6) is 0 Å². The predicted octanol–water partition coefficient (Wildman–Crippen LogP) is 4.18. The summed E-state index contributed by atoms with van der Waals surface area (Å²) < 4.78 is 2.30. The molecule has 1 aliphatic carbocycles. The van der Waals surface area contributed by atoms with Crippen molar-refractivity contribution in [2.24, 2.45) is 0 Å². The Hall–Kier alpha value is -2.35. The number of nitrogens with zero attached hydrogens (tertiary/aromatic N) is 1. The monoisotopic (exact) mass is 261 g/mol. The van der Waals surface area contributed by atoms with Crippen LogP contribution in [-0.4, -0.2) is 10.4 Å². The van der Waals surface area contributed by atoms with Gasteiger partial charge in [0, 0.05) is 39.8 Å². The molecule has 0 atom stereocenters. The van der Waals surface area contributed by atoms with E-state index < -0.39 is 0 Å². The van der Waals surface area contributed by atoms with Crippen molar-refractivity contribution < 1.29 is 4.79 Å². The highest BCUT2D eigenvalue weighted by atomic mass is 16.1. The van der Waals surface area contributed by atoms with Gasteiger partial charge in [0.15, 0.2) is 5.78 Å². The van der Waals surface area contributed by atoms with Crippen LogP contribution in [0.25, 0.3) is 22.0 Å². The minimum Gasteiger partial charge on any atom is -0.345 e. The molecule has 0 amide bonds. The van der Waals surface area contributed by atoms with Crippen molar-refractivity contribution in [2.75, 3.05) is 0 Å². The first-order valence-electron chi connectivity index (χ1n) is 7.00. The molecule has 0 unspecified atom stereocenters. The number of rotatable bonds is 1. The first-order chi connectivity index (χ1) is 9.74. The van der Waals surface area contributed by atoms with E-state index >= 15 is 0 Å². The Kier molecular flexibility index (Phi) is 2.19. The smallest absolute Gasteiger partial charge is 0.194 e. The molecule has 2 nitrogen and oxygen atoms in total. The summed E-state index contributed by atoms with van der Waals surface area (Å²) in [4.78, 5) is 12.7. The van der Waals surface area contributed by atoms with Gasteiger partial charge in [0.25, 0.3) is 0 Å². The number of hydrogen-bond donors (Lipinski definition) is 0. The Labute approximate surface area is 117 Å². The van der Waals surface area contributed by atoms with Gasteiger partial charge in [0.05, 0.1) is 0 Å². The zero-order chi connectivity index (χ0) is 13.9. The molecule has 4 rings (SSSR count). The van der Waals surface area contributed by atoms with E-state index in [1.54, 1.807) is 0 Å². The number of aromatic nitrogens is 1. The lowest BCUT2D eigenvalue weighted by Gasteiger charge is -2.16. The molecule has 0 saturated heterocycles.